The van der Waals surface area contributed by atoms with Crippen molar-refractivity contribution in [3.63, 3.8) is 0 Å². The number of hydrogen-bond donors (Lipinski definition) is 1. The molecule has 9 heteroatoms. The zero-order valence-electron chi connectivity index (χ0n) is 14.6. The molecule has 0 atom stereocenters. The van der Waals surface area contributed by atoms with Crippen molar-refractivity contribution in [2.45, 2.75) is 6.61 Å². The second-order valence-corrected chi connectivity index (χ2v) is 6.35. The molecule has 2 aromatic carbocycles. The van der Waals surface area contributed by atoms with Gasteiger partial charge in [-0.3, -0.25) is 4.79 Å². The van der Waals surface area contributed by atoms with Crippen molar-refractivity contribution in [3.8, 4) is 11.4 Å². The number of carbonyl (C=O) groups excluding carboxylic acids is 1. The number of methoxy groups -OCH3 is 2. The largest absolute Gasteiger partial charge is 0.497 e. The highest BCUT2D eigenvalue weighted by atomic mass is 35.5. The van der Waals surface area contributed by atoms with Gasteiger partial charge in [0.2, 0.25) is 0 Å². The fraction of sp³-hybridized carbons (Fsp3) is 0.167. The van der Waals surface area contributed by atoms with Gasteiger partial charge in [0.1, 0.15) is 11.4 Å². The highest BCUT2D eigenvalue weighted by molar-refractivity contribution is 6.36. The van der Waals surface area contributed by atoms with Crippen molar-refractivity contribution in [1.29, 1.82) is 0 Å². The van der Waals surface area contributed by atoms with Crippen molar-refractivity contribution in [2.75, 3.05) is 19.5 Å². The smallest absolute Gasteiger partial charge is 0.278 e. The maximum Gasteiger partial charge on any atom is 0.278 e. The van der Waals surface area contributed by atoms with E-state index < -0.39 is 5.91 Å². The summed E-state index contributed by atoms with van der Waals surface area (Å²) in [6.07, 6.45) is 0. The topological polar surface area (TPSA) is 78.3 Å². The Bertz CT molecular complexity index is 958. The third-order valence-corrected chi connectivity index (χ3v) is 4.30. The second kappa shape index (κ2) is 8.39. The fourth-order valence-corrected chi connectivity index (χ4v) is 2.90. The lowest BCUT2D eigenvalue weighted by atomic mass is 10.2. The summed E-state index contributed by atoms with van der Waals surface area (Å²) in [5, 5.41) is 11.6. The van der Waals surface area contributed by atoms with Gasteiger partial charge in [-0.25, -0.2) is 4.68 Å². The lowest BCUT2D eigenvalue weighted by Gasteiger charge is -2.09. The molecule has 0 fully saturated rings. The number of nitrogens with zero attached hydrogens (tertiary/aromatic N) is 3. The van der Waals surface area contributed by atoms with Crippen molar-refractivity contribution < 1.29 is 14.3 Å². The van der Waals surface area contributed by atoms with Gasteiger partial charge in [-0.1, -0.05) is 28.4 Å². The molecule has 0 unspecified atom stereocenters. The van der Waals surface area contributed by atoms with Gasteiger partial charge in [-0.15, -0.1) is 5.10 Å². The Morgan fingerprint density at radius 2 is 1.89 bits per heavy atom. The number of aromatic nitrogens is 3. The molecular formula is C18H16Cl2N4O3. The number of amides is 1. The zero-order chi connectivity index (χ0) is 19.4. The average molecular weight is 407 g/mol. The summed E-state index contributed by atoms with van der Waals surface area (Å²) in [6.45, 7) is 0.149. The van der Waals surface area contributed by atoms with Gasteiger partial charge in [0.25, 0.3) is 5.91 Å². The molecule has 27 heavy (non-hydrogen) atoms. The molecule has 0 aliphatic rings. The van der Waals surface area contributed by atoms with E-state index in [1.807, 2.05) is 12.1 Å². The number of rotatable bonds is 6. The van der Waals surface area contributed by atoms with Gasteiger partial charge in [0.15, 0.2) is 5.69 Å². The normalized spacial score (nSPS) is 10.7. The first-order chi connectivity index (χ1) is 13.0. The fourth-order valence-electron chi connectivity index (χ4n) is 2.45. The van der Waals surface area contributed by atoms with Gasteiger partial charge in [-0.2, -0.15) is 0 Å². The monoisotopic (exact) mass is 406 g/mol. The summed E-state index contributed by atoms with van der Waals surface area (Å²) in [6, 6.07) is 12.0. The number of halogens is 2. The molecule has 3 aromatic rings. The van der Waals surface area contributed by atoms with E-state index in [4.69, 9.17) is 32.7 Å². The molecule has 7 nitrogen and oxygen atoms in total. The first kappa shape index (κ1) is 19.2. The van der Waals surface area contributed by atoms with Crippen molar-refractivity contribution in [2.24, 2.45) is 0 Å². The number of ether oxygens (including phenoxy) is 2. The van der Waals surface area contributed by atoms with Crippen LogP contribution in [0.15, 0.2) is 42.5 Å². The molecule has 0 spiro atoms. The molecular weight excluding hydrogens is 391 g/mol. The third kappa shape index (κ3) is 4.21. The average Bonchev–Trinajstić information content (AvgIpc) is 3.08. The summed E-state index contributed by atoms with van der Waals surface area (Å²) in [4.78, 5) is 12.7. The van der Waals surface area contributed by atoms with Crippen LogP contribution < -0.4 is 10.1 Å². The van der Waals surface area contributed by atoms with Gasteiger partial charge in [-0.05, 0) is 42.5 Å². The van der Waals surface area contributed by atoms with Gasteiger partial charge < -0.3 is 14.8 Å². The number of hydrogen-bond acceptors (Lipinski definition) is 5. The second-order valence-electron chi connectivity index (χ2n) is 5.51. The van der Waals surface area contributed by atoms with Crippen LogP contribution in [0, 0.1) is 0 Å². The molecule has 0 bridgehead atoms. The standard InChI is InChI=1S/C18H16Cl2N4O3/c1-26-10-16-17(18(25)21-15-8-3-11(19)9-14(15)20)22-23-24(16)12-4-6-13(27-2)7-5-12/h3-9H,10H2,1-2H3,(H,21,25). The molecule has 1 N–H and O–H groups in total. The summed E-state index contributed by atoms with van der Waals surface area (Å²) in [5.74, 6) is 0.258. The van der Waals surface area contributed by atoms with Gasteiger partial charge >= 0.3 is 0 Å². The Morgan fingerprint density at radius 3 is 2.52 bits per heavy atom. The minimum atomic E-state index is -0.453. The van der Waals surface area contributed by atoms with E-state index >= 15 is 0 Å². The molecule has 1 amide bonds. The van der Waals surface area contributed by atoms with Crippen LogP contribution in [0.3, 0.4) is 0 Å². The van der Waals surface area contributed by atoms with Crippen LogP contribution in [-0.2, 0) is 11.3 Å². The molecule has 0 aliphatic carbocycles. The number of nitrogens with one attached hydrogen (secondary N) is 1. The SMILES string of the molecule is COCc1c(C(=O)Nc2ccc(Cl)cc2Cl)nnn1-c1ccc(OC)cc1. The van der Waals surface area contributed by atoms with Crippen molar-refractivity contribution in [1.82, 2.24) is 15.0 Å². The van der Waals surface area contributed by atoms with E-state index in [1.165, 1.54) is 7.11 Å². The van der Waals surface area contributed by atoms with Crippen LogP contribution in [0.5, 0.6) is 5.75 Å². The first-order valence-corrected chi connectivity index (χ1v) is 8.63. The van der Waals surface area contributed by atoms with Crippen molar-refractivity contribution >= 4 is 34.8 Å². The number of anilines is 1. The first-order valence-electron chi connectivity index (χ1n) is 7.88. The quantitative estimate of drug-likeness (QED) is 0.669. The Kier molecular flexibility index (Phi) is 5.95. The highest BCUT2D eigenvalue weighted by Gasteiger charge is 2.21. The minimum Gasteiger partial charge on any atom is -0.497 e. The van der Waals surface area contributed by atoms with Crippen LogP contribution in [-0.4, -0.2) is 35.1 Å². The molecule has 1 heterocycles. The van der Waals surface area contributed by atoms with Crippen LogP contribution >= 0.6 is 23.2 Å². The maximum absolute atomic E-state index is 12.7. The van der Waals surface area contributed by atoms with E-state index in [-0.39, 0.29) is 12.3 Å². The summed E-state index contributed by atoms with van der Waals surface area (Å²) >= 11 is 12.0. The summed E-state index contributed by atoms with van der Waals surface area (Å²) in [5.41, 5.74) is 1.79. The van der Waals surface area contributed by atoms with Crippen LogP contribution in [0.25, 0.3) is 5.69 Å². The van der Waals surface area contributed by atoms with Gasteiger partial charge in [0, 0.05) is 12.1 Å². The highest BCUT2D eigenvalue weighted by Crippen LogP contribution is 2.26. The van der Waals surface area contributed by atoms with Gasteiger partial charge in [0.05, 0.1) is 30.1 Å². The maximum atomic E-state index is 12.7. The van der Waals surface area contributed by atoms with E-state index in [2.05, 4.69) is 15.6 Å². The van der Waals surface area contributed by atoms with Crippen LogP contribution in [0.2, 0.25) is 10.0 Å². The molecule has 0 saturated carbocycles. The molecule has 140 valence electrons. The predicted octanol–water partition coefficient (Wildman–Crippen LogP) is 3.98. The molecule has 0 radical (unpaired) electrons. The third-order valence-electron chi connectivity index (χ3n) is 3.76. The zero-order valence-corrected chi connectivity index (χ0v) is 16.1. The Labute approximate surface area is 165 Å². The lowest BCUT2D eigenvalue weighted by Crippen LogP contribution is -2.16. The minimum absolute atomic E-state index is 0.138. The lowest BCUT2D eigenvalue weighted by molar-refractivity contribution is 0.101. The number of benzene rings is 2. The van der Waals surface area contributed by atoms with E-state index in [0.29, 0.717) is 27.2 Å². The van der Waals surface area contributed by atoms with Crippen LogP contribution in [0.1, 0.15) is 16.2 Å². The summed E-state index contributed by atoms with van der Waals surface area (Å²) < 4.78 is 11.9. The van der Waals surface area contributed by atoms with E-state index in [9.17, 15) is 4.79 Å². The Morgan fingerprint density at radius 1 is 1.15 bits per heavy atom. The molecule has 0 saturated heterocycles. The number of carbonyl (C=O) groups is 1. The predicted molar refractivity (Wildman–Crippen MR) is 103 cm³/mol. The molecule has 0 aliphatic heterocycles. The van der Waals surface area contributed by atoms with Crippen LogP contribution in [0.4, 0.5) is 5.69 Å². The van der Waals surface area contributed by atoms with E-state index in [1.54, 1.807) is 42.1 Å². The Balaban J connectivity index is 1.92. The van der Waals surface area contributed by atoms with E-state index in [0.717, 1.165) is 5.69 Å². The van der Waals surface area contributed by atoms with Crippen molar-refractivity contribution in [3.05, 3.63) is 63.9 Å². The Hall–Kier alpha value is -2.61. The summed E-state index contributed by atoms with van der Waals surface area (Å²) in [7, 11) is 3.12. The molecule has 1 aromatic heterocycles. The molecule has 3 rings (SSSR count).